The van der Waals surface area contributed by atoms with Crippen LogP contribution in [0.25, 0.3) is 0 Å². The lowest BCUT2D eigenvalue weighted by atomic mass is 10.2. The van der Waals surface area contributed by atoms with Gasteiger partial charge in [-0.25, -0.2) is 0 Å². The maximum Gasteiger partial charge on any atom is 0.184 e. The minimum Gasteiger partial charge on any atom is -0.388 e. The number of unbranched alkanes of at least 4 members (excludes halogenated alkanes) is 2. The van der Waals surface area contributed by atoms with Gasteiger partial charge in [0.05, 0.1) is 8.39 Å². The summed E-state index contributed by atoms with van der Waals surface area (Å²) in [5, 5.41) is 7.32. The molecule has 0 unspecified atom stereocenters. The number of rotatable bonds is 12. The number of hydrogen-bond donors (Lipinski definition) is 2. The van der Waals surface area contributed by atoms with Crippen molar-refractivity contribution in [3.63, 3.8) is 0 Å². The van der Waals surface area contributed by atoms with Crippen LogP contribution in [0.1, 0.15) is 78.1 Å². The van der Waals surface area contributed by atoms with E-state index in [1.54, 1.807) is 0 Å². The van der Waals surface area contributed by atoms with Crippen LogP contribution in [0.5, 0.6) is 0 Å². The van der Waals surface area contributed by atoms with Gasteiger partial charge >= 0.3 is 0 Å². The van der Waals surface area contributed by atoms with E-state index in [1.807, 2.05) is 22.4 Å². The molecule has 0 radical (unpaired) electrons. The summed E-state index contributed by atoms with van der Waals surface area (Å²) in [7, 11) is 0. The monoisotopic (exact) mass is 486 g/mol. The number of thiocarbonyl (C=S) groups is 2. The van der Waals surface area contributed by atoms with Crippen molar-refractivity contribution < 1.29 is 0 Å². The zero-order valence-corrected chi connectivity index (χ0v) is 22.9. The summed E-state index contributed by atoms with van der Waals surface area (Å²) in [5.74, 6) is 0. The van der Waals surface area contributed by atoms with E-state index >= 15 is 0 Å². The summed E-state index contributed by atoms with van der Waals surface area (Å²) < 4.78 is 2.24. The summed E-state index contributed by atoms with van der Waals surface area (Å²) in [4.78, 5) is 0. The molecule has 0 bridgehead atoms. The van der Waals surface area contributed by atoms with Crippen LogP contribution in [0.4, 0.5) is 0 Å². The molecule has 0 aromatic heterocycles. The second-order valence-electron chi connectivity index (χ2n) is 8.36. The molecule has 2 aliphatic carbocycles. The fourth-order valence-electron chi connectivity index (χ4n) is 3.75. The van der Waals surface area contributed by atoms with E-state index in [2.05, 4.69) is 37.6 Å². The highest BCUT2D eigenvalue weighted by Gasteiger charge is 2.31. The van der Waals surface area contributed by atoms with Gasteiger partial charge in [-0.05, 0) is 62.5 Å². The van der Waals surface area contributed by atoms with Crippen molar-refractivity contribution in [3.8, 4) is 0 Å². The van der Waals surface area contributed by atoms with Crippen molar-refractivity contribution in [1.82, 2.24) is 10.6 Å². The van der Waals surface area contributed by atoms with Gasteiger partial charge in [0.15, 0.2) is 6.37 Å². The Morgan fingerprint density at radius 2 is 1.21 bits per heavy atom. The standard InChI is InChI=1S/C22H38N2S4Si/c1-5-7-15-23-19-13-9-11-17(19)21(25)27-29(3,4)28-22(26)18-12-10-14-20(18)24-16-8-6-2/h23-24H,5-16H2,1-4H3. The van der Waals surface area contributed by atoms with Crippen LogP contribution in [-0.4, -0.2) is 27.9 Å². The summed E-state index contributed by atoms with van der Waals surface area (Å²) in [6, 6.07) is 0. The Morgan fingerprint density at radius 3 is 1.59 bits per heavy atom. The van der Waals surface area contributed by atoms with Crippen LogP contribution in [-0.2, 0) is 0 Å². The minimum absolute atomic E-state index is 1.07. The van der Waals surface area contributed by atoms with Crippen molar-refractivity contribution in [1.29, 1.82) is 0 Å². The molecule has 164 valence electrons. The van der Waals surface area contributed by atoms with Gasteiger partial charge < -0.3 is 10.6 Å². The summed E-state index contributed by atoms with van der Waals surface area (Å²) in [6.07, 6.45) is 10.3. The van der Waals surface area contributed by atoms with Gasteiger partial charge in [-0.1, -0.05) is 64.2 Å². The van der Waals surface area contributed by atoms with Crippen LogP contribution in [0.3, 0.4) is 0 Å². The quantitative estimate of drug-likeness (QED) is 0.169. The van der Waals surface area contributed by atoms with E-state index in [9.17, 15) is 0 Å². The van der Waals surface area contributed by atoms with Gasteiger partial charge in [-0.15, -0.1) is 22.4 Å². The van der Waals surface area contributed by atoms with E-state index in [4.69, 9.17) is 24.4 Å². The Hall–Kier alpha value is 0.177. The third kappa shape index (κ3) is 8.32. The lowest BCUT2D eigenvalue weighted by Crippen LogP contribution is -2.23. The molecular formula is C22H38N2S4Si. The molecule has 0 fully saturated rings. The fraction of sp³-hybridized carbons (Fsp3) is 0.727. The molecule has 29 heavy (non-hydrogen) atoms. The molecule has 0 saturated heterocycles. The molecule has 2 nitrogen and oxygen atoms in total. The van der Waals surface area contributed by atoms with Gasteiger partial charge in [0, 0.05) is 24.5 Å². The third-order valence-corrected chi connectivity index (χ3v) is 14.7. The molecule has 0 saturated carbocycles. The first-order valence-electron chi connectivity index (χ1n) is 11.3. The molecule has 7 heteroatoms. The predicted molar refractivity (Wildman–Crippen MR) is 145 cm³/mol. The van der Waals surface area contributed by atoms with E-state index in [1.165, 1.54) is 61.1 Å². The maximum atomic E-state index is 5.92. The first-order chi connectivity index (χ1) is 13.9. The largest absolute Gasteiger partial charge is 0.388 e. The normalized spacial score (nSPS) is 17.2. The molecule has 0 aromatic rings. The average molecular weight is 487 g/mol. The Bertz CT molecular complexity index is 601. The van der Waals surface area contributed by atoms with Crippen LogP contribution in [0, 0.1) is 0 Å². The minimum atomic E-state index is -1.67. The molecule has 0 aromatic carbocycles. The second kappa shape index (κ2) is 12.9. The highest BCUT2D eigenvalue weighted by atomic mass is 32.6. The molecule has 2 N–H and O–H groups in total. The fourth-order valence-corrected chi connectivity index (χ4v) is 16.0. The van der Waals surface area contributed by atoms with Crippen molar-refractivity contribution >= 4 is 61.6 Å². The SMILES string of the molecule is CCCCNC1=C(C(=S)S[Si](C)(C)SC(=S)C2=C(NCCCC)CCC2)CCC1. The Labute approximate surface area is 198 Å². The van der Waals surface area contributed by atoms with E-state index in [0.29, 0.717) is 0 Å². The Balaban J connectivity index is 1.96. The van der Waals surface area contributed by atoms with Crippen molar-refractivity contribution in [2.45, 2.75) is 91.1 Å². The van der Waals surface area contributed by atoms with E-state index < -0.39 is 6.37 Å². The Morgan fingerprint density at radius 1 is 0.793 bits per heavy atom. The average Bonchev–Trinajstić information content (AvgIpc) is 3.30. The zero-order chi connectivity index (χ0) is 21.3. The number of hydrogen-bond acceptors (Lipinski definition) is 6. The summed E-state index contributed by atoms with van der Waals surface area (Å²) >= 11 is 15.8. The van der Waals surface area contributed by atoms with E-state index in [0.717, 1.165) is 47.2 Å². The summed E-state index contributed by atoms with van der Waals surface area (Å²) in [6.45, 7) is 11.4. The highest BCUT2D eigenvalue weighted by Crippen LogP contribution is 2.41. The van der Waals surface area contributed by atoms with Gasteiger partial charge in [-0.3, -0.25) is 0 Å². The third-order valence-electron chi connectivity index (χ3n) is 5.34. The second-order valence-corrected chi connectivity index (χ2v) is 21.8. The van der Waals surface area contributed by atoms with Crippen LogP contribution in [0.2, 0.25) is 13.1 Å². The van der Waals surface area contributed by atoms with Crippen molar-refractivity contribution in [2.75, 3.05) is 13.1 Å². The smallest absolute Gasteiger partial charge is 0.184 e. The number of nitrogens with one attached hydrogen (secondary N) is 2. The van der Waals surface area contributed by atoms with Gasteiger partial charge in [0.1, 0.15) is 0 Å². The van der Waals surface area contributed by atoms with Crippen LogP contribution in [0.15, 0.2) is 22.5 Å². The van der Waals surface area contributed by atoms with Crippen LogP contribution >= 0.6 is 46.9 Å². The lowest BCUT2D eigenvalue weighted by molar-refractivity contribution is 0.691. The topological polar surface area (TPSA) is 24.1 Å². The van der Waals surface area contributed by atoms with E-state index in [-0.39, 0.29) is 0 Å². The Kier molecular flexibility index (Phi) is 11.3. The summed E-state index contributed by atoms with van der Waals surface area (Å²) in [5.41, 5.74) is 5.65. The van der Waals surface area contributed by atoms with Gasteiger partial charge in [-0.2, -0.15) is 0 Å². The molecular weight excluding hydrogens is 449 g/mol. The van der Waals surface area contributed by atoms with Gasteiger partial charge in [0.25, 0.3) is 0 Å². The molecule has 0 aliphatic heterocycles. The predicted octanol–water partition coefficient (Wildman–Crippen LogP) is 7.46. The van der Waals surface area contributed by atoms with Crippen LogP contribution < -0.4 is 10.6 Å². The highest BCUT2D eigenvalue weighted by molar-refractivity contribution is 8.69. The molecule has 2 rings (SSSR count). The molecule has 0 atom stereocenters. The first kappa shape index (κ1) is 25.4. The molecule has 0 heterocycles. The molecule has 0 amide bonds. The van der Waals surface area contributed by atoms with Crippen molar-refractivity contribution in [3.05, 3.63) is 22.5 Å². The molecule has 2 aliphatic rings. The van der Waals surface area contributed by atoms with Gasteiger partial charge in [0.2, 0.25) is 0 Å². The van der Waals surface area contributed by atoms with Crippen molar-refractivity contribution in [2.24, 2.45) is 0 Å². The maximum absolute atomic E-state index is 5.92. The zero-order valence-electron chi connectivity index (χ0n) is 18.6. The first-order valence-corrected chi connectivity index (χ1v) is 18.2. The number of allylic oxidation sites excluding steroid dienone is 2. The lowest BCUT2D eigenvalue weighted by Gasteiger charge is -2.23. The molecule has 0 spiro atoms.